The highest BCUT2D eigenvalue weighted by molar-refractivity contribution is 7.89. The van der Waals surface area contributed by atoms with Crippen LogP contribution in [0.25, 0.3) is 11.4 Å². The number of benzene rings is 2. The quantitative estimate of drug-likeness (QED) is 0.710. The van der Waals surface area contributed by atoms with Gasteiger partial charge in [-0.1, -0.05) is 16.8 Å². The summed E-state index contributed by atoms with van der Waals surface area (Å²) >= 11 is 5.84. The van der Waals surface area contributed by atoms with Gasteiger partial charge in [-0.2, -0.15) is 4.98 Å². The minimum atomic E-state index is -3.77. The van der Waals surface area contributed by atoms with Crippen LogP contribution < -0.4 is 14.2 Å². The van der Waals surface area contributed by atoms with E-state index in [1.54, 1.807) is 30.3 Å². The average Bonchev–Trinajstić information content (AvgIpc) is 3.29. The van der Waals surface area contributed by atoms with Crippen molar-refractivity contribution in [3.63, 3.8) is 0 Å². The summed E-state index contributed by atoms with van der Waals surface area (Å²) in [6.07, 6.45) is 0. The Kier molecular flexibility index (Phi) is 4.27. The highest BCUT2D eigenvalue weighted by Crippen LogP contribution is 2.33. The average molecular weight is 394 g/mol. The van der Waals surface area contributed by atoms with Gasteiger partial charge in [0.15, 0.2) is 11.5 Å². The third kappa shape index (κ3) is 3.36. The van der Waals surface area contributed by atoms with Crippen molar-refractivity contribution in [2.45, 2.75) is 11.4 Å². The number of nitrogens with zero attached hydrogens (tertiary/aromatic N) is 2. The summed E-state index contributed by atoms with van der Waals surface area (Å²) in [4.78, 5) is 4.23. The number of fused-ring (bicyclic) bond motifs is 1. The van der Waals surface area contributed by atoms with E-state index >= 15 is 0 Å². The Labute approximate surface area is 153 Å². The Morgan fingerprint density at radius 2 is 1.85 bits per heavy atom. The predicted molar refractivity (Wildman–Crippen MR) is 91.3 cm³/mol. The molecule has 0 saturated heterocycles. The van der Waals surface area contributed by atoms with Crippen molar-refractivity contribution in [3.05, 3.63) is 53.4 Å². The Hall–Kier alpha value is -2.62. The highest BCUT2D eigenvalue weighted by atomic mass is 35.5. The topological polar surface area (TPSA) is 104 Å². The van der Waals surface area contributed by atoms with E-state index in [2.05, 4.69) is 14.9 Å². The van der Waals surface area contributed by atoms with Crippen LogP contribution >= 0.6 is 11.6 Å². The van der Waals surface area contributed by atoms with Gasteiger partial charge in [0.25, 0.3) is 0 Å². The fraction of sp³-hybridized carbons (Fsp3) is 0.125. The molecule has 1 aromatic heterocycles. The second kappa shape index (κ2) is 6.60. The third-order valence-corrected chi connectivity index (χ3v) is 5.29. The van der Waals surface area contributed by atoms with E-state index in [9.17, 15) is 8.42 Å². The van der Waals surface area contributed by atoms with Crippen LogP contribution in [0.4, 0.5) is 0 Å². The molecule has 0 radical (unpaired) electrons. The molecular weight excluding hydrogens is 382 g/mol. The lowest BCUT2D eigenvalue weighted by atomic mass is 10.2. The van der Waals surface area contributed by atoms with Crippen molar-refractivity contribution in [3.8, 4) is 22.9 Å². The number of rotatable bonds is 5. The second-order valence-corrected chi connectivity index (χ2v) is 7.56. The maximum Gasteiger partial charge on any atom is 0.242 e. The lowest BCUT2D eigenvalue weighted by molar-refractivity contribution is 0.174. The first-order chi connectivity index (χ1) is 12.5. The van der Waals surface area contributed by atoms with Gasteiger partial charge in [-0.25, -0.2) is 13.1 Å². The standard InChI is InChI=1S/C16H12ClN3O5S/c17-11-3-1-10(2-4-11)16-19-15(25-20-16)8-18-26(21,22)12-5-6-13-14(7-12)24-9-23-13/h1-7,18H,8-9H2. The molecule has 0 aliphatic carbocycles. The van der Waals surface area contributed by atoms with Gasteiger partial charge in [0.05, 0.1) is 11.4 Å². The van der Waals surface area contributed by atoms with Crippen molar-refractivity contribution in [1.29, 1.82) is 0 Å². The molecule has 0 fully saturated rings. The van der Waals surface area contributed by atoms with E-state index in [0.717, 1.165) is 0 Å². The summed E-state index contributed by atoms with van der Waals surface area (Å²) in [6.45, 7) is -0.0703. The van der Waals surface area contributed by atoms with Crippen LogP contribution in [0.3, 0.4) is 0 Å². The Morgan fingerprint density at radius 1 is 1.08 bits per heavy atom. The molecule has 26 heavy (non-hydrogen) atoms. The van der Waals surface area contributed by atoms with Gasteiger partial charge in [-0.3, -0.25) is 0 Å². The van der Waals surface area contributed by atoms with Gasteiger partial charge in [0.2, 0.25) is 28.5 Å². The van der Waals surface area contributed by atoms with Crippen molar-refractivity contribution >= 4 is 21.6 Å². The van der Waals surface area contributed by atoms with Gasteiger partial charge in [-0.05, 0) is 36.4 Å². The molecule has 0 bridgehead atoms. The lowest BCUT2D eigenvalue weighted by Gasteiger charge is -2.05. The minimum absolute atomic E-state index is 0.0548. The fourth-order valence-corrected chi connectivity index (χ4v) is 3.44. The largest absolute Gasteiger partial charge is 0.454 e. The molecule has 0 unspecified atom stereocenters. The number of hydrogen-bond donors (Lipinski definition) is 1. The number of nitrogens with one attached hydrogen (secondary N) is 1. The third-order valence-electron chi connectivity index (χ3n) is 3.64. The van der Waals surface area contributed by atoms with E-state index in [1.165, 1.54) is 12.1 Å². The molecule has 10 heteroatoms. The van der Waals surface area contributed by atoms with Gasteiger partial charge in [0, 0.05) is 16.7 Å². The van der Waals surface area contributed by atoms with Crippen LogP contribution in [0.5, 0.6) is 11.5 Å². The summed E-state index contributed by atoms with van der Waals surface area (Å²) in [5, 5.41) is 4.43. The Bertz CT molecular complexity index is 1050. The van der Waals surface area contributed by atoms with Crippen molar-refractivity contribution in [2.24, 2.45) is 0 Å². The van der Waals surface area contributed by atoms with E-state index in [4.69, 9.17) is 25.6 Å². The van der Waals surface area contributed by atoms with Gasteiger partial charge >= 0.3 is 0 Å². The van der Waals surface area contributed by atoms with Gasteiger partial charge < -0.3 is 14.0 Å². The first-order valence-corrected chi connectivity index (χ1v) is 9.35. The molecule has 1 aliphatic rings. The molecule has 8 nitrogen and oxygen atoms in total. The lowest BCUT2D eigenvalue weighted by Crippen LogP contribution is -2.23. The van der Waals surface area contributed by atoms with E-state index in [0.29, 0.717) is 27.9 Å². The van der Waals surface area contributed by atoms with Crippen molar-refractivity contribution in [2.75, 3.05) is 6.79 Å². The smallest absolute Gasteiger partial charge is 0.242 e. The highest BCUT2D eigenvalue weighted by Gasteiger charge is 2.21. The van der Waals surface area contributed by atoms with Crippen molar-refractivity contribution in [1.82, 2.24) is 14.9 Å². The molecule has 0 spiro atoms. The van der Waals surface area contributed by atoms with Crippen LogP contribution in [0.2, 0.25) is 5.02 Å². The van der Waals surface area contributed by atoms with E-state index in [1.807, 2.05) is 0 Å². The molecule has 1 N–H and O–H groups in total. The molecule has 0 saturated carbocycles. The number of sulfonamides is 1. The number of halogens is 1. The normalized spacial score (nSPS) is 13.1. The molecule has 134 valence electrons. The molecule has 2 heterocycles. The Balaban J connectivity index is 1.47. The summed E-state index contributed by atoms with van der Waals surface area (Å²) in [5.74, 6) is 1.38. The second-order valence-electron chi connectivity index (χ2n) is 5.36. The zero-order valence-corrected chi connectivity index (χ0v) is 14.7. The molecule has 0 atom stereocenters. The molecule has 0 amide bonds. The van der Waals surface area contributed by atoms with Crippen LogP contribution in [-0.2, 0) is 16.6 Å². The van der Waals surface area contributed by atoms with Crippen LogP contribution in [-0.4, -0.2) is 25.4 Å². The molecule has 1 aliphatic heterocycles. The number of aromatic nitrogens is 2. The SMILES string of the molecule is O=S(=O)(NCc1nc(-c2ccc(Cl)cc2)no1)c1ccc2c(c1)OCO2. The van der Waals surface area contributed by atoms with E-state index < -0.39 is 10.0 Å². The van der Waals surface area contributed by atoms with Gasteiger partial charge in [-0.15, -0.1) is 0 Å². The van der Waals surface area contributed by atoms with Crippen LogP contribution in [0.15, 0.2) is 51.9 Å². The summed E-state index contributed by atoms with van der Waals surface area (Å²) in [7, 11) is -3.77. The maximum absolute atomic E-state index is 12.4. The van der Waals surface area contributed by atoms with E-state index in [-0.39, 0.29) is 24.1 Å². The minimum Gasteiger partial charge on any atom is -0.454 e. The molecule has 4 rings (SSSR count). The fourth-order valence-electron chi connectivity index (χ4n) is 2.33. The number of hydrogen-bond acceptors (Lipinski definition) is 7. The summed E-state index contributed by atoms with van der Waals surface area (Å²) < 4.78 is 42.7. The number of ether oxygens (including phenoxy) is 2. The first kappa shape index (κ1) is 16.8. The monoisotopic (exact) mass is 393 g/mol. The zero-order valence-electron chi connectivity index (χ0n) is 13.2. The summed E-state index contributed by atoms with van der Waals surface area (Å²) in [5.41, 5.74) is 0.711. The molecular formula is C16H12ClN3O5S. The van der Waals surface area contributed by atoms with Crippen LogP contribution in [0, 0.1) is 0 Å². The maximum atomic E-state index is 12.4. The molecule has 3 aromatic rings. The van der Waals surface area contributed by atoms with Crippen molar-refractivity contribution < 1.29 is 22.4 Å². The molecule has 2 aromatic carbocycles. The van der Waals surface area contributed by atoms with Gasteiger partial charge in [0.1, 0.15) is 0 Å². The summed E-state index contributed by atoms with van der Waals surface area (Å²) in [6, 6.07) is 11.3. The first-order valence-electron chi connectivity index (χ1n) is 7.49. The Morgan fingerprint density at radius 3 is 2.65 bits per heavy atom. The van der Waals surface area contributed by atoms with Crippen LogP contribution in [0.1, 0.15) is 5.89 Å². The zero-order chi connectivity index (χ0) is 18.1. The predicted octanol–water partition coefficient (Wildman–Crippen LogP) is 2.60.